The van der Waals surface area contributed by atoms with Gasteiger partial charge in [-0.15, -0.1) is 5.10 Å². The second-order valence-electron chi connectivity index (χ2n) is 4.11. The number of hydrogen-bond donors (Lipinski definition) is 0. The Morgan fingerprint density at radius 2 is 2.16 bits per heavy atom. The van der Waals surface area contributed by atoms with Crippen LogP contribution in [-0.4, -0.2) is 25.3 Å². The van der Waals surface area contributed by atoms with E-state index < -0.39 is 0 Å². The van der Waals surface area contributed by atoms with Gasteiger partial charge in [0.05, 0.1) is 5.52 Å². The van der Waals surface area contributed by atoms with Crippen molar-refractivity contribution in [2.75, 3.05) is 5.75 Å². The summed E-state index contributed by atoms with van der Waals surface area (Å²) in [5, 5.41) is 6.75. The van der Waals surface area contributed by atoms with Crippen molar-refractivity contribution < 1.29 is 0 Å². The molecule has 19 heavy (non-hydrogen) atoms. The lowest BCUT2D eigenvalue weighted by Gasteiger charge is -2.05. The van der Waals surface area contributed by atoms with E-state index in [9.17, 15) is 0 Å². The van der Waals surface area contributed by atoms with Crippen LogP contribution in [0.4, 0.5) is 0 Å². The number of thioether (sulfide) groups is 1. The largest absolute Gasteiger partial charge is 0.222 e. The zero-order chi connectivity index (χ0) is 13.4. The van der Waals surface area contributed by atoms with Crippen LogP contribution < -0.4 is 0 Å². The molecule has 0 saturated heterocycles. The number of halogens is 1. The summed E-state index contributed by atoms with van der Waals surface area (Å²) in [6, 6.07) is 7.91. The molecule has 0 bridgehead atoms. The van der Waals surface area contributed by atoms with E-state index in [1.54, 1.807) is 4.52 Å². The summed E-state index contributed by atoms with van der Waals surface area (Å²) < 4.78 is 1.77. The molecule has 3 rings (SSSR count). The zero-order valence-electron chi connectivity index (χ0n) is 10.3. The van der Waals surface area contributed by atoms with Gasteiger partial charge in [0.1, 0.15) is 5.82 Å². The number of rotatable bonds is 3. The minimum Gasteiger partial charge on any atom is -0.222 e. The Morgan fingerprint density at radius 1 is 1.37 bits per heavy atom. The fraction of sp³-hybridized carbons (Fsp3) is 0.154. The van der Waals surface area contributed by atoms with Gasteiger partial charge in [0.2, 0.25) is 0 Å². The van der Waals surface area contributed by atoms with Crippen LogP contribution in [0.5, 0.6) is 0 Å². The maximum atomic E-state index is 5.81. The van der Waals surface area contributed by atoms with E-state index >= 15 is 0 Å². The fourth-order valence-electron chi connectivity index (χ4n) is 1.87. The maximum Gasteiger partial charge on any atom is 0.191 e. The highest BCUT2D eigenvalue weighted by molar-refractivity contribution is 7.99. The predicted molar refractivity (Wildman–Crippen MR) is 78.7 cm³/mol. The Balaban J connectivity index is 2.26. The van der Waals surface area contributed by atoms with E-state index in [0.29, 0.717) is 10.8 Å². The Bertz CT molecular complexity index is 781. The fourth-order valence-corrected chi connectivity index (χ4v) is 2.73. The molecule has 1 aromatic carbocycles. The molecular formula is C13H11ClN4S. The normalized spacial score (nSPS) is 11.3. The molecule has 0 aliphatic heterocycles. The van der Waals surface area contributed by atoms with Crippen LogP contribution in [0.3, 0.4) is 0 Å². The summed E-state index contributed by atoms with van der Waals surface area (Å²) in [6.45, 7) is 5.56. The first-order valence-electron chi connectivity index (χ1n) is 5.73. The average molecular weight is 291 g/mol. The van der Waals surface area contributed by atoms with Gasteiger partial charge >= 0.3 is 0 Å². The van der Waals surface area contributed by atoms with E-state index in [1.165, 1.54) is 11.8 Å². The molecule has 0 radical (unpaired) electrons. The maximum absolute atomic E-state index is 5.81. The Morgan fingerprint density at radius 3 is 2.95 bits per heavy atom. The van der Waals surface area contributed by atoms with Gasteiger partial charge in [-0.1, -0.05) is 42.1 Å². The van der Waals surface area contributed by atoms with Crippen LogP contribution in [0.2, 0.25) is 0 Å². The molecule has 0 fully saturated rings. The highest BCUT2D eigenvalue weighted by atomic mass is 35.5. The predicted octanol–water partition coefficient (Wildman–Crippen LogP) is 3.43. The summed E-state index contributed by atoms with van der Waals surface area (Å²) >= 11 is 7.32. The van der Waals surface area contributed by atoms with E-state index in [2.05, 4.69) is 21.6 Å². The van der Waals surface area contributed by atoms with Crippen molar-refractivity contribution >= 4 is 39.9 Å². The average Bonchev–Trinajstić information content (AvgIpc) is 2.77. The molecule has 3 aromatic rings. The van der Waals surface area contributed by atoms with Gasteiger partial charge in [0, 0.05) is 16.2 Å². The third-order valence-corrected chi connectivity index (χ3v) is 3.92. The summed E-state index contributed by atoms with van der Waals surface area (Å²) in [4.78, 5) is 9.08. The third kappa shape index (κ3) is 2.31. The monoisotopic (exact) mass is 290 g/mol. The number of fused-ring (bicyclic) bond motifs is 3. The van der Waals surface area contributed by atoms with Gasteiger partial charge in [-0.2, -0.15) is 4.52 Å². The minimum absolute atomic E-state index is 0.588. The van der Waals surface area contributed by atoms with Crippen molar-refractivity contribution in [3.05, 3.63) is 41.7 Å². The molecule has 0 amide bonds. The first-order valence-corrected chi connectivity index (χ1v) is 7.10. The Labute approximate surface area is 119 Å². The summed E-state index contributed by atoms with van der Waals surface area (Å²) in [5.41, 5.74) is 1.73. The standard InChI is InChI=1S/C13H11ClN4S/c1-8(14)7-19-13-16-11-6-4-3-5-10(11)12-15-9(2)17-18(12)13/h3-6H,1,7H2,2H3. The number of benzene rings is 1. The lowest BCUT2D eigenvalue weighted by Crippen LogP contribution is -1.98. The SMILES string of the molecule is C=C(Cl)CSc1nc2ccccc2c2nc(C)nn12. The number of aryl methyl sites for hydroxylation is 1. The molecule has 2 aromatic heterocycles. The first kappa shape index (κ1) is 12.4. The van der Waals surface area contributed by atoms with E-state index in [0.717, 1.165) is 27.5 Å². The van der Waals surface area contributed by atoms with Crippen LogP contribution in [0.1, 0.15) is 5.82 Å². The number of hydrogen-bond acceptors (Lipinski definition) is 4. The topological polar surface area (TPSA) is 43.1 Å². The van der Waals surface area contributed by atoms with Crippen molar-refractivity contribution in [3.63, 3.8) is 0 Å². The molecule has 0 spiro atoms. The Kier molecular flexibility index (Phi) is 3.16. The highest BCUT2D eigenvalue weighted by Crippen LogP contribution is 2.25. The van der Waals surface area contributed by atoms with Crippen molar-refractivity contribution in [1.82, 2.24) is 19.6 Å². The van der Waals surface area contributed by atoms with Crippen molar-refractivity contribution in [1.29, 1.82) is 0 Å². The highest BCUT2D eigenvalue weighted by Gasteiger charge is 2.12. The van der Waals surface area contributed by atoms with Gasteiger partial charge in [-0.25, -0.2) is 9.97 Å². The van der Waals surface area contributed by atoms with Gasteiger partial charge in [0.25, 0.3) is 0 Å². The van der Waals surface area contributed by atoms with Gasteiger partial charge in [-0.3, -0.25) is 0 Å². The van der Waals surface area contributed by atoms with Crippen LogP contribution in [0, 0.1) is 6.92 Å². The minimum atomic E-state index is 0.588. The lowest BCUT2D eigenvalue weighted by atomic mass is 10.2. The van der Waals surface area contributed by atoms with Crippen molar-refractivity contribution in [2.24, 2.45) is 0 Å². The van der Waals surface area contributed by atoms with Gasteiger partial charge in [-0.05, 0) is 19.1 Å². The number of para-hydroxylation sites is 1. The first-order chi connectivity index (χ1) is 9.15. The van der Waals surface area contributed by atoms with E-state index in [4.69, 9.17) is 11.6 Å². The van der Waals surface area contributed by atoms with Crippen molar-refractivity contribution in [2.45, 2.75) is 12.1 Å². The molecule has 0 aliphatic carbocycles. The molecule has 2 heterocycles. The Hall–Kier alpha value is -1.59. The quantitative estimate of drug-likeness (QED) is 0.547. The molecule has 4 nitrogen and oxygen atoms in total. The van der Waals surface area contributed by atoms with Crippen LogP contribution in [0.25, 0.3) is 16.6 Å². The zero-order valence-corrected chi connectivity index (χ0v) is 11.9. The number of aromatic nitrogens is 4. The summed E-state index contributed by atoms with van der Waals surface area (Å²) in [7, 11) is 0. The van der Waals surface area contributed by atoms with Crippen molar-refractivity contribution in [3.8, 4) is 0 Å². The second kappa shape index (κ2) is 4.83. The van der Waals surface area contributed by atoms with E-state index in [-0.39, 0.29) is 0 Å². The molecule has 0 N–H and O–H groups in total. The third-order valence-electron chi connectivity index (χ3n) is 2.61. The van der Waals surface area contributed by atoms with Crippen LogP contribution >= 0.6 is 23.4 Å². The molecule has 0 saturated carbocycles. The molecule has 0 aliphatic rings. The second-order valence-corrected chi connectivity index (χ2v) is 5.59. The molecule has 0 atom stereocenters. The van der Waals surface area contributed by atoms with E-state index in [1.807, 2.05) is 31.2 Å². The smallest absolute Gasteiger partial charge is 0.191 e. The summed E-state index contributed by atoms with van der Waals surface area (Å²) in [6.07, 6.45) is 0. The molecule has 6 heteroatoms. The number of nitrogens with zero attached hydrogens (tertiary/aromatic N) is 4. The van der Waals surface area contributed by atoms with Crippen LogP contribution in [0.15, 0.2) is 41.0 Å². The molecular weight excluding hydrogens is 280 g/mol. The summed E-state index contributed by atoms with van der Waals surface area (Å²) in [5.74, 6) is 1.32. The molecule has 96 valence electrons. The molecule has 0 unspecified atom stereocenters. The van der Waals surface area contributed by atoms with Crippen LogP contribution in [-0.2, 0) is 0 Å². The van der Waals surface area contributed by atoms with Gasteiger partial charge < -0.3 is 0 Å². The lowest BCUT2D eigenvalue weighted by molar-refractivity contribution is 0.797. The van der Waals surface area contributed by atoms with Gasteiger partial charge in [0.15, 0.2) is 10.8 Å².